The molecule has 1 rings (SSSR count). The molecule has 0 bridgehead atoms. The van der Waals surface area contributed by atoms with Crippen molar-refractivity contribution in [2.24, 2.45) is 0 Å². The largest absolute Gasteiger partial charge is 0.507 e. The first-order valence-corrected chi connectivity index (χ1v) is 4.67. The fourth-order valence-electron chi connectivity index (χ4n) is 0.880. The van der Waals surface area contributed by atoms with E-state index in [0.717, 1.165) is 10.6 Å². The average molecular weight is 182 g/mol. The summed E-state index contributed by atoms with van der Waals surface area (Å²) in [6.45, 7) is 2.04. The minimum Gasteiger partial charge on any atom is -0.507 e. The number of carbonyl (C=O) groups excluding carboxylic acids is 1. The molecule has 3 heteroatoms. The SMILES string of the molecule is CCSc1ccc(C=O)c(O)c1. The van der Waals surface area contributed by atoms with E-state index in [1.165, 1.54) is 0 Å². The highest BCUT2D eigenvalue weighted by atomic mass is 32.2. The maximum Gasteiger partial charge on any atom is 0.153 e. The number of hydrogen-bond acceptors (Lipinski definition) is 3. The second-order valence-corrected chi connectivity index (χ2v) is 3.61. The van der Waals surface area contributed by atoms with Gasteiger partial charge in [0.2, 0.25) is 0 Å². The predicted octanol–water partition coefficient (Wildman–Crippen LogP) is 2.32. The quantitative estimate of drug-likeness (QED) is 0.575. The summed E-state index contributed by atoms with van der Waals surface area (Å²) in [7, 11) is 0. The van der Waals surface area contributed by atoms with Crippen LogP contribution in [0.2, 0.25) is 0 Å². The third kappa shape index (κ3) is 2.01. The molecule has 0 spiro atoms. The van der Waals surface area contributed by atoms with Gasteiger partial charge in [-0.2, -0.15) is 0 Å². The van der Waals surface area contributed by atoms with E-state index in [2.05, 4.69) is 0 Å². The van der Waals surface area contributed by atoms with Gasteiger partial charge in [0.05, 0.1) is 5.56 Å². The van der Waals surface area contributed by atoms with Crippen molar-refractivity contribution >= 4 is 18.0 Å². The van der Waals surface area contributed by atoms with Crippen LogP contribution in [0.15, 0.2) is 23.1 Å². The van der Waals surface area contributed by atoms with E-state index in [1.54, 1.807) is 23.9 Å². The Morgan fingerprint density at radius 1 is 1.58 bits per heavy atom. The van der Waals surface area contributed by atoms with Gasteiger partial charge >= 0.3 is 0 Å². The van der Waals surface area contributed by atoms with E-state index in [0.29, 0.717) is 11.8 Å². The van der Waals surface area contributed by atoms with Gasteiger partial charge in [0.25, 0.3) is 0 Å². The van der Waals surface area contributed by atoms with Crippen LogP contribution in [-0.2, 0) is 0 Å². The van der Waals surface area contributed by atoms with Gasteiger partial charge in [-0.15, -0.1) is 11.8 Å². The van der Waals surface area contributed by atoms with Crippen LogP contribution in [-0.4, -0.2) is 17.1 Å². The van der Waals surface area contributed by atoms with Gasteiger partial charge < -0.3 is 5.11 Å². The van der Waals surface area contributed by atoms with Gasteiger partial charge in [-0.25, -0.2) is 0 Å². The number of phenolic OH excluding ortho intramolecular Hbond substituents is 1. The highest BCUT2D eigenvalue weighted by Gasteiger charge is 2.00. The topological polar surface area (TPSA) is 37.3 Å². The maximum absolute atomic E-state index is 10.3. The molecule has 1 aromatic carbocycles. The second-order valence-electron chi connectivity index (χ2n) is 2.27. The first-order valence-electron chi connectivity index (χ1n) is 3.69. The third-order valence-corrected chi connectivity index (χ3v) is 2.32. The number of thioether (sulfide) groups is 1. The zero-order valence-corrected chi connectivity index (χ0v) is 7.60. The summed E-state index contributed by atoms with van der Waals surface area (Å²) in [5.41, 5.74) is 0.343. The molecule has 0 atom stereocenters. The molecular formula is C9H10O2S. The molecule has 0 aliphatic carbocycles. The standard InChI is InChI=1S/C9H10O2S/c1-2-12-8-4-3-7(6-10)9(11)5-8/h3-6,11H,2H2,1H3. The molecule has 12 heavy (non-hydrogen) atoms. The molecule has 0 fully saturated rings. The molecule has 1 N–H and O–H groups in total. The van der Waals surface area contributed by atoms with Crippen LogP contribution in [0.1, 0.15) is 17.3 Å². The van der Waals surface area contributed by atoms with E-state index in [4.69, 9.17) is 0 Å². The summed E-state index contributed by atoms with van der Waals surface area (Å²) in [6.07, 6.45) is 0.649. The number of carbonyl (C=O) groups is 1. The molecule has 0 heterocycles. The van der Waals surface area contributed by atoms with Crippen LogP contribution < -0.4 is 0 Å². The molecule has 2 nitrogen and oxygen atoms in total. The van der Waals surface area contributed by atoms with Crippen LogP contribution in [0.5, 0.6) is 5.75 Å². The number of aldehydes is 1. The summed E-state index contributed by atoms with van der Waals surface area (Å²) in [4.78, 5) is 11.3. The number of hydrogen-bond donors (Lipinski definition) is 1. The fourth-order valence-corrected chi connectivity index (χ4v) is 1.57. The average Bonchev–Trinajstić information content (AvgIpc) is 2.05. The lowest BCUT2D eigenvalue weighted by Crippen LogP contribution is -1.81. The van der Waals surface area contributed by atoms with Crippen LogP contribution in [0.25, 0.3) is 0 Å². The lowest BCUT2D eigenvalue weighted by molar-refractivity contribution is 0.112. The summed E-state index contributed by atoms with van der Waals surface area (Å²) in [6, 6.07) is 5.07. The first-order chi connectivity index (χ1) is 5.77. The van der Waals surface area contributed by atoms with E-state index in [1.807, 2.05) is 13.0 Å². The summed E-state index contributed by atoms with van der Waals surface area (Å²) in [5, 5.41) is 9.27. The highest BCUT2D eigenvalue weighted by Crippen LogP contribution is 2.24. The van der Waals surface area contributed by atoms with Gasteiger partial charge in [-0.3, -0.25) is 4.79 Å². The summed E-state index contributed by atoms with van der Waals surface area (Å²) in [5.74, 6) is 1.02. The Labute approximate surface area is 75.6 Å². The summed E-state index contributed by atoms with van der Waals surface area (Å²) < 4.78 is 0. The van der Waals surface area contributed by atoms with Crippen LogP contribution in [0.3, 0.4) is 0 Å². The Hall–Kier alpha value is -0.960. The summed E-state index contributed by atoms with van der Waals surface area (Å²) >= 11 is 1.63. The molecule has 0 saturated heterocycles. The van der Waals surface area contributed by atoms with Crippen molar-refractivity contribution in [1.29, 1.82) is 0 Å². The van der Waals surface area contributed by atoms with Gasteiger partial charge in [0, 0.05) is 4.90 Å². The number of aromatic hydroxyl groups is 1. The Morgan fingerprint density at radius 2 is 2.33 bits per heavy atom. The lowest BCUT2D eigenvalue weighted by atomic mass is 10.2. The van der Waals surface area contributed by atoms with Gasteiger partial charge in [-0.1, -0.05) is 6.92 Å². The van der Waals surface area contributed by atoms with Crippen molar-refractivity contribution in [3.05, 3.63) is 23.8 Å². The normalized spacial score (nSPS) is 9.75. The highest BCUT2D eigenvalue weighted by molar-refractivity contribution is 7.99. The van der Waals surface area contributed by atoms with Crippen molar-refractivity contribution in [2.45, 2.75) is 11.8 Å². The molecule has 1 aromatic rings. The number of phenols is 1. The predicted molar refractivity (Wildman–Crippen MR) is 49.9 cm³/mol. The molecule has 0 aliphatic rings. The van der Waals surface area contributed by atoms with Crippen molar-refractivity contribution in [1.82, 2.24) is 0 Å². The molecule has 0 amide bonds. The van der Waals surface area contributed by atoms with Crippen LogP contribution in [0, 0.1) is 0 Å². The molecule has 64 valence electrons. The smallest absolute Gasteiger partial charge is 0.153 e. The Kier molecular flexibility index (Phi) is 3.17. The van der Waals surface area contributed by atoms with E-state index < -0.39 is 0 Å². The Balaban J connectivity index is 2.93. The first kappa shape index (κ1) is 9.13. The third-order valence-electron chi connectivity index (χ3n) is 1.44. The zero-order chi connectivity index (χ0) is 8.97. The minimum absolute atomic E-state index is 0.0588. The van der Waals surface area contributed by atoms with Crippen molar-refractivity contribution in [2.75, 3.05) is 5.75 Å². The number of benzene rings is 1. The van der Waals surface area contributed by atoms with Gasteiger partial charge in [0.1, 0.15) is 5.75 Å². The van der Waals surface area contributed by atoms with Crippen molar-refractivity contribution in [3.8, 4) is 5.75 Å². The van der Waals surface area contributed by atoms with Crippen LogP contribution >= 0.6 is 11.8 Å². The van der Waals surface area contributed by atoms with E-state index in [-0.39, 0.29) is 5.75 Å². The minimum atomic E-state index is 0.0588. The molecule has 0 aliphatic heterocycles. The van der Waals surface area contributed by atoms with Crippen molar-refractivity contribution in [3.63, 3.8) is 0 Å². The molecule has 0 aromatic heterocycles. The zero-order valence-electron chi connectivity index (χ0n) is 6.78. The van der Waals surface area contributed by atoms with Gasteiger partial charge in [0.15, 0.2) is 6.29 Å². The molecular weight excluding hydrogens is 172 g/mol. The Morgan fingerprint density at radius 3 is 2.83 bits per heavy atom. The Bertz CT molecular complexity index is 284. The van der Waals surface area contributed by atoms with E-state index >= 15 is 0 Å². The lowest BCUT2D eigenvalue weighted by Gasteiger charge is -2.00. The fraction of sp³-hybridized carbons (Fsp3) is 0.222. The molecule has 0 radical (unpaired) electrons. The molecule has 0 saturated carbocycles. The number of rotatable bonds is 3. The molecule has 0 unspecified atom stereocenters. The van der Waals surface area contributed by atoms with Crippen LogP contribution in [0.4, 0.5) is 0 Å². The van der Waals surface area contributed by atoms with Crippen molar-refractivity contribution < 1.29 is 9.90 Å². The van der Waals surface area contributed by atoms with Gasteiger partial charge in [-0.05, 0) is 24.0 Å². The van der Waals surface area contributed by atoms with E-state index in [9.17, 15) is 9.90 Å². The maximum atomic E-state index is 10.3. The second kappa shape index (κ2) is 4.16. The monoisotopic (exact) mass is 182 g/mol.